The molecule has 0 aliphatic heterocycles. The summed E-state index contributed by atoms with van der Waals surface area (Å²) in [5, 5.41) is 8.73. The molecular formula is C15H29N5O5. The quantitative estimate of drug-likeness (QED) is 0.171. The molecule has 0 radical (unpaired) electrons. The summed E-state index contributed by atoms with van der Waals surface area (Å²) in [6.45, 7) is 5.53. The zero-order chi connectivity index (χ0) is 18.6. The van der Waals surface area contributed by atoms with Crippen LogP contribution in [0.1, 0.15) is 26.2 Å². The van der Waals surface area contributed by atoms with E-state index in [1.807, 2.05) is 6.92 Å². The van der Waals surface area contributed by atoms with Crippen molar-refractivity contribution < 1.29 is 23.8 Å². The summed E-state index contributed by atoms with van der Waals surface area (Å²) in [6.07, 6.45) is 1.53. The molecule has 144 valence electrons. The van der Waals surface area contributed by atoms with Crippen LogP contribution in [-0.4, -0.2) is 71.1 Å². The van der Waals surface area contributed by atoms with Crippen molar-refractivity contribution >= 4 is 11.8 Å². The lowest BCUT2D eigenvalue weighted by Gasteiger charge is -2.08. The van der Waals surface area contributed by atoms with Gasteiger partial charge in [-0.3, -0.25) is 9.59 Å². The molecule has 0 fully saturated rings. The highest BCUT2D eigenvalue weighted by molar-refractivity contribution is 5.76. The molecule has 0 unspecified atom stereocenters. The zero-order valence-corrected chi connectivity index (χ0v) is 14.9. The van der Waals surface area contributed by atoms with Crippen LogP contribution in [0, 0.1) is 0 Å². The third-order valence-corrected chi connectivity index (χ3v) is 2.83. The van der Waals surface area contributed by atoms with Gasteiger partial charge in [0.1, 0.15) is 0 Å². The Kier molecular flexibility index (Phi) is 17.1. The van der Waals surface area contributed by atoms with Gasteiger partial charge in [0.15, 0.2) is 0 Å². The van der Waals surface area contributed by atoms with E-state index >= 15 is 0 Å². The highest BCUT2D eigenvalue weighted by Gasteiger charge is 2.02. The molecule has 0 saturated heterocycles. The molecule has 10 heteroatoms. The molecule has 0 bridgehead atoms. The highest BCUT2D eigenvalue weighted by atomic mass is 16.5. The first-order valence-corrected chi connectivity index (χ1v) is 8.48. The average molecular weight is 359 g/mol. The number of hydrogen-bond acceptors (Lipinski definition) is 6. The molecule has 0 aliphatic carbocycles. The number of ether oxygens (including phenoxy) is 3. The Morgan fingerprint density at radius 2 is 1.40 bits per heavy atom. The second kappa shape index (κ2) is 18.5. The number of amides is 2. The summed E-state index contributed by atoms with van der Waals surface area (Å²) in [4.78, 5) is 25.5. The van der Waals surface area contributed by atoms with Crippen LogP contribution in [0.15, 0.2) is 5.11 Å². The predicted octanol–water partition coefficient (Wildman–Crippen LogP) is 0.769. The largest absolute Gasteiger partial charge is 0.381 e. The van der Waals surface area contributed by atoms with E-state index in [1.54, 1.807) is 0 Å². The minimum atomic E-state index is -0.129. The Bertz CT molecular complexity index is 402. The lowest BCUT2D eigenvalue weighted by atomic mass is 10.4. The summed E-state index contributed by atoms with van der Waals surface area (Å²) in [5.41, 5.74) is 8.07. The van der Waals surface area contributed by atoms with E-state index in [1.165, 1.54) is 0 Å². The van der Waals surface area contributed by atoms with Crippen molar-refractivity contribution in [3.05, 3.63) is 10.4 Å². The fraction of sp³-hybridized carbons (Fsp3) is 0.867. The van der Waals surface area contributed by atoms with Gasteiger partial charge in [0, 0.05) is 44.0 Å². The van der Waals surface area contributed by atoms with Crippen LogP contribution in [-0.2, 0) is 23.8 Å². The summed E-state index contributed by atoms with van der Waals surface area (Å²) >= 11 is 0. The van der Waals surface area contributed by atoms with Crippen molar-refractivity contribution in [2.75, 3.05) is 59.3 Å². The molecule has 0 aromatic carbocycles. The molecule has 25 heavy (non-hydrogen) atoms. The molecule has 0 saturated carbocycles. The fourth-order valence-electron chi connectivity index (χ4n) is 1.63. The van der Waals surface area contributed by atoms with E-state index < -0.39 is 0 Å². The Hall–Kier alpha value is -1.87. The first kappa shape index (κ1) is 23.1. The maximum atomic E-state index is 11.5. The molecule has 2 N–H and O–H groups in total. The lowest BCUT2D eigenvalue weighted by Crippen LogP contribution is -2.30. The third-order valence-electron chi connectivity index (χ3n) is 2.83. The van der Waals surface area contributed by atoms with Crippen LogP contribution >= 0.6 is 0 Å². The van der Waals surface area contributed by atoms with Crippen molar-refractivity contribution in [3.8, 4) is 0 Å². The first-order valence-electron chi connectivity index (χ1n) is 8.48. The molecule has 0 aromatic heterocycles. The maximum absolute atomic E-state index is 11.5. The SMILES string of the molecule is CCCOCCC(=O)NCCOCCC(=O)NCCOCCN=[N+]=[N-]. The van der Waals surface area contributed by atoms with Gasteiger partial charge in [-0.05, 0) is 12.0 Å². The van der Waals surface area contributed by atoms with Gasteiger partial charge in [-0.25, -0.2) is 0 Å². The van der Waals surface area contributed by atoms with Crippen LogP contribution in [0.2, 0.25) is 0 Å². The minimum Gasteiger partial charge on any atom is -0.381 e. The van der Waals surface area contributed by atoms with E-state index in [4.69, 9.17) is 19.7 Å². The number of carbonyl (C=O) groups is 2. The van der Waals surface area contributed by atoms with E-state index in [-0.39, 0.29) is 24.8 Å². The van der Waals surface area contributed by atoms with Crippen molar-refractivity contribution in [2.45, 2.75) is 26.2 Å². The molecule has 0 atom stereocenters. The standard InChI is InChI=1S/C15H29N5O5/c1-2-8-23-9-3-14(21)17-5-11-24-10-4-15(22)18-6-12-25-13-7-19-20-16/h2-13H2,1H3,(H,17,21)(H,18,22). The van der Waals surface area contributed by atoms with Crippen molar-refractivity contribution in [1.82, 2.24) is 10.6 Å². The van der Waals surface area contributed by atoms with Gasteiger partial charge in [0.05, 0.1) is 33.0 Å². The Morgan fingerprint density at radius 1 is 0.880 bits per heavy atom. The van der Waals surface area contributed by atoms with Crippen molar-refractivity contribution in [1.29, 1.82) is 0 Å². The first-order chi connectivity index (χ1) is 12.2. The van der Waals surface area contributed by atoms with Gasteiger partial charge >= 0.3 is 0 Å². The average Bonchev–Trinajstić information content (AvgIpc) is 2.61. The van der Waals surface area contributed by atoms with Crippen LogP contribution in [0.3, 0.4) is 0 Å². The van der Waals surface area contributed by atoms with Gasteiger partial charge in [-0.15, -0.1) is 0 Å². The Balaban J connectivity index is 3.31. The van der Waals surface area contributed by atoms with Crippen molar-refractivity contribution in [2.24, 2.45) is 5.11 Å². The molecule has 2 amide bonds. The molecule has 0 heterocycles. The molecular weight excluding hydrogens is 330 g/mol. The number of azide groups is 1. The van der Waals surface area contributed by atoms with Gasteiger partial charge < -0.3 is 24.8 Å². The maximum Gasteiger partial charge on any atom is 0.222 e. The molecule has 0 aromatic rings. The Labute approximate surface area is 148 Å². The van der Waals surface area contributed by atoms with E-state index in [9.17, 15) is 9.59 Å². The normalized spacial score (nSPS) is 10.1. The molecule has 0 aliphatic rings. The summed E-state index contributed by atoms with van der Waals surface area (Å²) < 4.78 is 15.7. The lowest BCUT2D eigenvalue weighted by molar-refractivity contribution is -0.124. The summed E-state index contributed by atoms with van der Waals surface area (Å²) in [6, 6.07) is 0. The second-order valence-electron chi connectivity index (χ2n) is 4.99. The fourth-order valence-corrected chi connectivity index (χ4v) is 1.63. The predicted molar refractivity (Wildman–Crippen MR) is 92.0 cm³/mol. The van der Waals surface area contributed by atoms with Crippen LogP contribution in [0.25, 0.3) is 10.4 Å². The number of carbonyl (C=O) groups excluding carboxylic acids is 2. The van der Waals surface area contributed by atoms with Gasteiger partial charge in [-0.1, -0.05) is 12.0 Å². The topological polar surface area (TPSA) is 135 Å². The minimum absolute atomic E-state index is 0.0714. The van der Waals surface area contributed by atoms with Crippen LogP contribution in [0.5, 0.6) is 0 Å². The molecule has 0 rings (SSSR count). The monoisotopic (exact) mass is 359 g/mol. The summed E-state index contributed by atoms with van der Waals surface area (Å²) in [7, 11) is 0. The van der Waals surface area contributed by atoms with E-state index in [2.05, 4.69) is 20.7 Å². The number of nitrogens with zero attached hydrogens (tertiary/aromatic N) is 3. The van der Waals surface area contributed by atoms with Gasteiger partial charge in [0.2, 0.25) is 11.8 Å². The molecule has 10 nitrogen and oxygen atoms in total. The molecule has 0 spiro atoms. The van der Waals surface area contributed by atoms with Gasteiger partial charge in [-0.2, -0.15) is 0 Å². The smallest absolute Gasteiger partial charge is 0.222 e. The van der Waals surface area contributed by atoms with E-state index in [0.717, 1.165) is 6.42 Å². The van der Waals surface area contributed by atoms with Gasteiger partial charge in [0.25, 0.3) is 0 Å². The number of rotatable bonds is 17. The Morgan fingerprint density at radius 3 is 1.92 bits per heavy atom. The zero-order valence-electron chi connectivity index (χ0n) is 14.9. The second-order valence-corrected chi connectivity index (χ2v) is 4.99. The number of hydrogen-bond donors (Lipinski definition) is 2. The van der Waals surface area contributed by atoms with E-state index in [0.29, 0.717) is 59.2 Å². The van der Waals surface area contributed by atoms with Crippen molar-refractivity contribution in [3.63, 3.8) is 0 Å². The van der Waals surface area contributed by atoms with Crippen LogP contribution < -0.4 is 10.6 Å². The third kappa shape index (κ3) is 18.3. The number of nitrogens with one attached hydrogen (secondary N) is 2. The highest BCUT2D eigenvalue weighted by Crippen LogP contribution is 1.87. The summed E-state index contributed by atoms with van der Waals surface area (Å²) in [5.74, 6) is -0.200. The van der Waals surface area contributed by atoms with Crippen LogP contribution in [0.4, 0.5) is 0 Å².